The molecule has 24 heavy (non-hydrogen) atoms. The average molecular weight is 330 g/mol. The Kier molecular flexibility index (Phi) is 3.61. The van der Waals surface area contributed by atoms with Crippen molar-refractivity contribution < 1.29 is 14.4 Å². The molecule has 7 heteroatoms. The summed E-state index contributed by atoms with van der Waals surface area (Å²) in [7, 11) is 2.02. The SMILES string of the molecule is CN1C=CC2C(C1)C1NC(=O)C(=O)NC1CC2N1CCCC1=C=O. The Balaban J connectivity index is 1.68. The number of carbonyl (C=O) groups excluding carboxylic acids is 3. The molecule has 2 saturated heterocycles. The summed E-state index contributed by atoms with van der Waals surface area (Å²) in [5.41, 5.74) is 0.746. The Hall–Kier alpha value is -2.27. The summed E-state index contributed by atoms with van der Waals surface area (Å²) in [4.78, 5) is 39.2. The fourth-order valence-electron chi connectivity index (χ4n) is 4.85. The molecular formula is C17H22N4O3. The fraction of sp³-hybridized carbons (Fsp3) is 0.647. The lowest BCUT2D eigenvalue weighted by atomic mass is 9.68. The van der Waals surface area contributed by atoms with Crippen LogP contribution in [0.3, 0.4) is 0 Å². The van der Waals surface area contributed by atoms with Crippen LogP contribution in [0.5, 0.6) is 0 Å². The predicted molar refractivity (Wildman–Crippen MR) is 86.2 cm³/mol. The van der Waals surface area contributed by atoms with Crippen LogP contribution in [0.2, 0.25) is 0 Å². The second-order valence-corrected chi connectivity index (χ2v) is 7.25. The molecule has 3 heterocycles. The highest BCUT2D eigenvalue weighted by Crippen LogP contribution is 2.40. The molecule has 5 atom stereocenters. The first-order valence-corrected chi connectivity index (χ1v) is 8.59. The molecule has 0 spiro atoms. The van der Waals surface area contributed by atoms with E-state index in [0.717, 1.165) is 38.0 Å². The van der Waals surface area contributed by atoms with Gasteiger partial charge >= 0.3 is 11.8 Å². The minimum Gasteiger partial charge on any atom is -0.380 e. The first-order chi connectivity index (χ1) is 11.6. The van der Waals surface area contributed by atoms with Crippen molar-refractivity contribution >= 4 is 17.8 Å². The van der Waals surface area contributed by atoms with Gasteiger partial charge in [-0.05, 0) is 25.5 Å². The molecular weight excluding hydrogens is 308 g/mol. The highest BCUT2D eigenvalue weighted by Gasteiger charge is 2.51. The van der Waals surface area contributed by atoms with Gasteiger partial charge in [-0.25, -0.2) is 4.79 Å². The minimum atomic E-state index is -0.555. The molecule has 1 saturated carbocycles. The van der Waals surface area contributed by atoms with Gasteiger partial charge in [-0.15, -0.1) is 0 Å². The summed E-state index contributed by atoms with van der Waals surface area (Å²) >= 11 is 0. The van der Waals surface area contributed by atoms with Gasteiger partial charge < -0.3 is 20.4 Å². The summed E-state index contributed by atoms with van der Waals surface area (Å²) in [5, 5.41) is 5.78. The molecule has 128 valence electrons. The number of carbonyl (C=O) groups is 2. The molecule has 3 fully saturated rings. The molecule has 4 aliphatic rings. The fourth-order valence-corrected chi connectivity index (χ4v) is 4.85. The predicted octanol–water partition coefficient (Wildman–Crippen LogP) is -0.755. The zero-order valence-corrected chi connectivity index (χ0v) is 13.7. The van der Waals surface area contributed by atoms with Gasteiger partial charge in [0.05, 0.1) is 17.8 Å². The number of allylic oxidation sites excluding steroid dienone is 1. The van der Waals surface area contributed by atoms with E-state index in [1.807, 2.05) is 7.05 Å². The first-order valence-electron chi connectivity index (χ1n) is 8.59. The summed E-state index contributed by atoms with van der Waals surface area (Å²) in [6, 6.07) is 0.0143. The van der Waals surface area contributed by atoms with Crippen LogP contribution in [0.15, 0.2) is 18.0 Å². The number of rotatable bonds is 1. The molecule has 0 radical (unpaired) electrons. The number of hydrogen-bond donors (Lipinski definition) is 2. The lowest BCUT2D eigenvalue weighted by Crippen LogP contribution is -2.71. The van der Waals surface area contributed by atoms with Crippen molar-refractivity contribution in [2.75, 3.05) is 20.1 Å². The summed E-state index contributed by atoms with van der Waals surface area (Å²) in [6.45, 7) is 1.68. The third-order valence-corrected chi connectivity index (χ3v) is 5.89. The van der Waals surface area contributed by atoms with Gasteiger partial charge in [0, 0.05) is 38.0 Å². The summed E-state index contributed by atoms with van der Waals surface area (Å²) in [5.74, 6) is 1.47. The van der Waals surface area contributed by atoms with Crippen molar-refractivity contribution in [1.82, 2.24) is 20.4 Å². The molecule has 2 N–H and O–H groups in total. The van der Waals surface area contributed by atoms with Gasteiger partial charge in [0.15, 0.2) is 0 Å². The van der Waals surface area contributed by atoms with Crippen molar-refractivity contribution in [2.24, 2.45) is 11.8 Å². The lowest BCUT2D eigenvalue weighted by Gasteiger charge is -2.53. The zero-order valence-electron chi connectivity index (χ0n) is 13.7. The van der Waals surface area contributed by atoms with Gasteiger partial charge in [0.1, 0.15) is 5.94 Å². The van der Waals surface area contributed by atoms with Crippen LogP contribution >= 0.6 is 0 Å². The van der Waals surface area contributed by atoms with Crippen LogP contribution in [-0.4, -0.2) is 65.8 Å². The van der Waals surface area contributed by atoms with Crippen molar-refractivity contribution in [3.8, 4) is 0 Å². The van der Waals surface area contributed by atoms with Crippen molar-refractivity contribution in [1.29, 1.82) is 0 Å². The highest BCUT2D eigenvalue weighted by molar-refractivity contribution is 6.35. The number of nitrogens with one attached hydrogen (secondary N) is 2. The number of fused-ring (bicyclic) bond motifs is 3. The van der Waals surface area contributed by atoms with Crippen LogP contribution in [0.1, 0.15) is 19.3 Å². The number of nitrogens with zero attached hydrogens (tertiary/aromatic N) is 2. The molecule has 3 aliphatic heterocycles. The monoisotopic (exact) mass is 330 g/mol. The maximum atomic E-state index is 11.8. The van der Waals surface area contributed by atoms with E-state index in [1.54, 1.807) is 0 Å². The molecule has 2 amide bonds. The van der Waals surface area contributed by atoms with Crippen LogP contribution < -0.4 is 10.6 Å². The average Bonchev–Trinajstić information content (AvgIpc) is 3.04. The van der Waals surface area contributed by atoms with E-state index in [1.165, 1.54) is 0 Å². The minimum absolute atomic E-state index is 0.0601. The third kappa shape index (κ3) is 2.31. The molecule has 0 bridgehead atoms. The number of piperazine rings is 1. The van der Waals surface area contributed by atoms with Gasteiger partial charge in [-0.3, -0.25) is 9.59 Å². The van der Waals surface area contributed by atoms with Gasteiger partial charge in [0.2, 0.25) is 0 Å². The maximum absolute atomic E-state index is 11.8. The molecule has 0 aromatic heterocycles. The molecule has 4 rings (SSSR count). The van der Waals surface area contributed by atoms with Crippen LogP contribution in [0, 0.1) is 11.8 Å². The Morgan fingerprint density at radius 3 is 2.83 bits per heavy atom. The summed E-state index contributed by atoms with van der Waals surface area (Å²) < 4.78 is 0. The van der Waals surface area contributed by atoms with Gasteiger partial charge in [-0.2, -0.15) is 0 Å². The Labute approximate surface area is 140 Å². The van der Waals surface area contributed by atoms with Crippen LogP contribution in [0.4, 0.5) is 0 Å². The molecule has 7 nitrogen and oxygen atoms in total. The van der Waals surface area contributed by atoms with Gasteiger partial charge in [0.25, 0.3) is 0 Å². The lowest BCUT2D eigenvalue weighted by molar-refractivity contribution is -0.144. The van der Waals surface area contributed by atoms with Crippen molar-refractivity contribution in [3.63, 3.8) is 0 Å². The van der Waals surface area contributed by atoms with E-state index in [9.17, 15) is 14.4 Å². The normalized spacial score (nSPS) is 38.2. The number of amides is 2. The molecule has 1 aliphatic carbocycles. The number of hydrogen-bond acceptors (Lipinski definition) is 5. The first kappa shape index (κ1) is 15.3. The van der Waals surface area contributed by atoms with E-state index >= 15 is 0 Å². The maximum Gasteiger partial charge on any atom is 0.309 e. The van der Waals surface area contributed by atoms with Gasteiger partial charge in [-0.1, -0.05) is 6.08 Å². The highest BCUT2D eigenvalue weighted by atomic mass is 16.2. The van der Waals surface area contributed by atoms with E-state index in [0.29, 0.717) is 0 Å². The van der Waals surface area contributed by atoms with E-state index < -0.39 is 11.8 Å². The Morgan fingerprint density at radius 1 is 1.25 bits per heavy atom. The standard InChI is InChI=1S/C17H22N4O3/c1-20-6-4-11-12(8-20)15-13(18-16(23)17(24)19-15)7-14(11)21-5-2-3-10(21)9-22/h4,6,11-15H,2-3,5,7-8H2,1H3,(H,18,23)(H,19,24). The van der Waals surface area contributed by atoms with E-state index in [-0.39, 0.29) is 30.0 Å². The van der Waals surface area contributed by atoms with E-state index in [4.69, 9.17) is 0 Å². The topological polar surface area (TPSA) is 81.8 Å². The molecule has 0 aromatic carbocycles. The van der Waals surface area contributed by atoms with Crippen molar-refractivity contribution in [2.45, 2.75) is 37.4 Å². The largest absolute Gasteiger partial charge is 0.380 e. The smallest absolute Gasteiger partial charge is 0.309 e. The van der Waals surface area contributed by atoms with Crippen LogP contribution in [-0.2, 0) is 14.4 Å². The molecule has 5 unspecified atom stereocenters. The molecule has 0 aromatic rings. The Bertz CT molecular complexity index is 654. The quantitative estimate of drug-likeness (QED) is 0.488. The second kappa shape index (κ2) is 5.67. The second-order valence-electron chi connectivity index (χ2n) is 7.25. The Morgan fingerprint density at radius 2 is 2.04 bits per heavy atom. The summed E-state index contributed by atoms with van der Waals surface area (Å²) in [6.07, 6.45) is 6.75. The third-order valence-electron chi connectivity index (χ3n) is 5.89. The van der Waals surface area contributed by atoms with Crippen molar-refractivity contribution in [3.05, 3.63) is 18.0 Å². The zero-order chi connectivity index (χ0) is 16.8. The van der Waals surface area contributed by atoms with Crippen LogP contribution in [0.25, 0.3) is 0 Å². The van der Waals surface area contributed by atoms with E-state index in [2.05, 4.69) is 38.7 Å². The number of likely N-dealkylation sites (tertiary alicyclic amines) is 1.